The lowest BCUT2D eigenvalue weighted by atomic mass is 10.3. The van der Waals surface area contributed by atoms with Gasteiger partial charge in [0.25, 0.3) is 0 Å². The average Bonchev–Trinajstić information content (AvgIpc) is 2.73. The van der Waals surface area contributed by atoms with E-state index in [0.717, 1.165) is 5.52 Å². The van der Waals surface area contributed by atoms with Gasteiger partial charge in [-0.3, -0.25) is 4.79 Å². The highest BCUT2D eigenvalue weighted by atomic mass is 79.9. The fourth-order valence-corrected chi connectivity index (χ4v) is 2.40. The van der Waals surface area contributed by atoms with E-state index in [-0.39, 0.29) is 17.6 Å². The molecule has 1 aromatic carbocycles. The molecule has 102 valence electrons. The number of hydrogen-bond donors (Lipinski definition) is 1. The Balaban J connectivity index is 2.44. The van der Waals surface area contributed by atoms with E-state index in [2.05, 4.69) is 26.2 Å². The number of carbonyl (C=O) groups excluding carboxylic acids is 1. The fourth-order valence-electron chi connectivity index (χ4n) is 1.86. The molecule has 0 aliphatic heterocycles. The summed E-state index contributed by atoms with van der Waals surface area (Å²) in [7, 11) is 1.59. The molecule has 0 bridgehead atoms. The molecule has 0 unspecified atom stereocenters. The van der Waals surface area contributed by atoms with E-state index in [1.54, 1.807) is 13.1 Å². The lowest BCUT2D eigenvalue weighted by Gasteiger charge is -2.07. The summed E-state index contributed by atoms with van der Waals surface area (Å²) in [6.07, 6.45) is 0.320. The topological polar surface area (TPSA) is 46.9 Å². The molecular formula is C12H12BrClFN3O. The number of alkyl halides is 1. The number of rotatable bonds is 4. The molecule has 1 amide bonds. The third kappa shape index (κ3) is 2.90. The zero-order valence-corrected chi connectivity index (χ0v) is 12.6. The molecular weight excluding hydrogens is 337 g/mol. The van der Waals surface area contributed by atoms with Crippen LogP contribution in [-0.4, -0.2) is 22.5 Å². The summed E-state index contributed by atoms with van der Waals surface area (Å²) in [6.45, 7) is 0.455. The van der Waals surface area contributed by atoms with Gasteiger partial charge in [0.05, 0.1) is 21.4 Å². The first-order chi connectivity index (χ1) is 9.06. The third-order valence-electron chi connectivity index (χ3n) is 2.83. The highest BCUT2D eigenvalue weighted by Gasteiger charge is 2.13. The number of benzene rings is 1. The number of hydrogen-bond acceptors (Lipinski definition) is 2. The largest absolute Gasteiger partial charge is 0.359 e. The second-order valence-electron chi connectivity index (χ2n) is 3.99. The molecule has 1 aromatic heterocycles. The van der Waals surface area contributed by atoms with Crippen molar-refractivity contribution in [1.29, 1.82) is 0 Å². The van der Waals surface area contributed by atoms with E-state index < -0.39 is 0 Å². The molecule has 7 heteroatoms. The zero-order valence-electron chi connectivity index (χ0n) is 10.2. The van der Waals surface area contributed by atoms with Crippen LogP contribution in [0.3, 0.4) is 0 Å². The van der Waals surface area contributed by atoms with Crippen LogP contribution in [0.5, 0.6) is 0 Å². The summed E-state index contributed by atoms with van der Waals surface area (Å²) in [5.41, 5.74) is 1.29. The lowest BCUT2D eigenvalue weighted by molar-refractivity contribution is -0.120. The number of nitrogens with zero attached hydrogens (tertiary/aromatic N) is 2. The van der Waals surface area contributed by atoms with E-state index in [4.69, 9.17) is 11.6 Å². The summed E-state index contributed by atoms with van der Waals surface area (Å²) in [5, 5.41) is 2.56. The number of nitrogens with one attached hydrogen (secondary N) is 1. The maximum Gasteiger partial charge on any atom is 0.221 e. The van der Waals surface area contributed by atoms with Crippen LogP contribution in [0.1, 0.15) is 12.2 Å². The van der Waals surface area contributed by atoms with E-state index >= 15 is 0 Å². The SMILES string of the molecule is CNC(=O)CCn1c(CCl)nc2cc(F)c(Br)cc21. The van der Waals surface area contributed by atoms with Crippen molar-refractivity contribution >= 4 is 44.5 Å². The van der Waals surface area contributed by atoms with Crippen molar-refractivity contribution in [2.75, 3.05) is 7.05 Å². The van der Waals surface area contributed by atoms with E-state index in [1.807, 2.05) is 4.57 Å². The number of halogens is 3. The van der Waals surface area contributed by atoms with Gasteiger partial charge in [-0.15, -0.1) is 11.6 Å². The van der Waals surface area contributed by atoms with Crippen molar-refractivity contribution in [3.63, 3.8) is 0 Å². The van der Waals surface area contributed by atoms with Gasteiger partial charge in [-0.05, 0) is 22.0 Å². The number of imidazole rings is 1. The van der Waals surface area contributed by atoms with Crippen molar-refractivity contribution in [2.45, 2.75) is 18.8 Å². The van der Waals surface area contributed by atoms with Crippen molar-refractivity contribution in [1.82, 2.24) is 14.9 Å². The molecule has 0 spiro atoms. The molecule has 2 rings (SSSR count). The van der Waals surface area contributed by atoms with E-state index in [0.29, 0.717) is 28.8 Å². The molecule has 0 aliphatic carbocycles. The van der Waals surface area contributed by atoms with Crippen LogP contribution in [0.2, 0.25) is 0 Å². The third-order valence-corrected chi connectivity index (χ3v) is 3.68. The number of aromatic nitrogens is 2. The number of carbonyl (C=O) groups is 1. The van der Waals surface area contributed by atoms with Crippen LogP contribution in [0.25, 0.3) is 11.0 Å². The van der Waals surface area contributed by atoms with Crippen LogP contribution in [0, 0.1) is 5.82 Å². The Hall–Kier alpha value is -1.14. The van der Waals surface area contributed by atoms with Gasteiger partial charge in [-0.25, -0.2) is 9.37 Å². The Kier molecular flexibility index (Phi) is 4.42. The molecule has 0 saturated carbocycles. The van der Waals surface area contributed by atoms with Crippen LogP contribution in [-0.2, 0) is 17.2 Å². The fraction of sp³-hybridized carbons (Fsp3) is 0.333. The second kappa shape index (κ2) is 5.88. The van der Waals surface area contributed by atoms with Gasteiger partial charge in [0, 0.05) is 26.1 Å². The Morgan fingerprint density at radius 3 is 2.95 bits per heavy atom. The Morgan fingerprint density at radius 2 is 2.32 bits per heavy atom. The number of aryl methyl sites for hydroxylation is 1. The molecule has 2 aromatic rings. The molecule has 0 saturated heterocycles. The molecule has 0 aliphatic rings. The minimum atomic E-state index is -0.371. The molecule has 0 radical (unpaired) electrons. The van der Waals surface area contributed by atoms with Crippen molar-refractivity contribution < 1.29 is 9.18 Å². The summed E-state index contributed by atoms with van der Waals surface area (Å²) in [6, 6.07) is 3.00. The van der Waals surface area contributed by atoms with Gasteiger partial charge < -0.3 is 9.88 Å². The van der Waals surface area contributed by atoms with Gasteiger partial charge in [0.2, 0.25) is 5.91 Å². The first-order valence-corrected chi connectivity index (χ1v) is 7.00. The first kappa shape index (κ1) is 14.3. The average molecular weight is 349 g/mol. The highest BCUT2D eigenvalue weighted by molar-refractivity contribution is 9.10. The molecule has 1 N–H and O–H groups in total. The minimum Gasteiger partial charge on any atom is -0.359 e. The Labute approximate surface area is 123 Å². The normalized spacial score (nSPS) is 10.9. The van der Waals surface area contributed by atoms with Crippen LogP contribution >= 0.6 is 27.5 Å². The Bertz CT molecular complexity index is 629. The summed E-state index contributed by atoms with van der Waals surface area (Å²) >= 11 is 8.99. The molecule has 4 nitrogen and oxygen atoms in total. The van der Waals surface area contributed by atoms with Gasteiger partial charge in [-0.1, -0.05) is 0 Å². The van der Waals surface area contributed by atoms with Crippen LogP contribution in [0.4, 0.5) is 4.39 Å². The molecule has 0 fully saturated rings. The summed E-state index contributed by atoms with van der Waals surface area (Å²) < 4.78 is 15.7. The minimum absolute atomic E-state index is 0.0662. The summed E-state index contributed by atoms with van der Waals surface area (Å²) in [4.78, 5) is 15.6. The highest BCUT2D eigenvalue weighted by Crippen LogP contribution is 2.25. The quantitative estimate of drug-likeness (QED) is 0.864. The first-order valence-electron chi connectivity index (χ1n) is 5.67. The smallest absolute Gasteiger partial charge is 0.221 e. The molecule has 0 atom stereocenters. The molecule has 19 heavy (non-hydrogen) atoms. The van der Waals surface area contributed by atoms with Gasteiger partial charge in [0.1, 0.15) is 11.6 Å². The number of amides is 1. The lowest BCUT2D eigenvalue weighted by Crippen LogP contribution is -2.20. The van der Waals surface area contributed by atoms with Crippen LogP contribution in [0.15, 0.2) is 16.6 Å². The van der Waals surface area contributed by atoms with Crippen molar-refractivity contribution in [2.24, 2.45) is 0 Å². The monoisotopic (exact) mass is 347 g/mol. The van der Waals surface area contributed by atoms with Gasteiger partial charge >= 0.3 is 0 Å². The predicted molar refractivity (Wildman–Crippen MR) is 75.6 cm³/mol. The van der Waals surface area contributed by atoms with Crippen LogP contribution < -0.4 is 5.32 Å². The molecule has 1 heterocycles. The van der Waals surface area contributed by atoms with Crippen molar-refractivity contribution in [3.05, 3.63) is 28.2 Å². The predicted octanol–water partition coefficient (Wildman–Crippen LogP) is 2.81. The van der Waals surface area contributed by atoms with E-state index in [1.165, 1.54) is 6.07 Å². The summed E-state index contributed by atoms with van der Waals surface area (Å²) in [5.74, 6) is 0.396. The maximum atomic E-state index is 13.5. The standard InChI is InChI=1S/C12H12BrClFN3O/c1-16-12(19)2-3-18-10-4-7(13)8(15)5-9(10)17-11(18)6-14/h4-5H,2-3,6H2,1H3,(H,16,19). The second-order valence-corrected chi connectivity index (χ2v) is 5.11. The number of fused-ring (bicyclic) bond motifs is 1. The Morgan fingerprint density at radius 1 is 1.58 bits per heavy atom. The van der Waals surface area contributed by atoms with Crippen molar-refractivity contribution in [3.8, 4) is 0 Å². The zero-order chi connectivity index (χ0) is 14.0. The van der Waals surface area contributed by atoms with Gasteiger partial charge in [-0.2, -0.15) is 0 Å². The van der Waals surface area contributed by atoms with E-state index in [9.17, 15) is 9.18 Å². The van der Waals surface area contributed by atoms with Gasteiger partial charge in [0.15, 0.2) is 0 Å². The maximum absolute atomic E-state index is 13.5.